The molecule has 0 saturated heterocycles. The van der Waals surface area contributed by atoms with Crippen LogP contribution in [0.4, 0.5) is 0 Å². The zero-order valence-electron chi connectivity index (χ0n) is 6.29. The van der Waals surface area contributed by atoms with Gasteiger partial charge in [-0.2, -0.15) is 12.6 Å². The first-order valence-electron chi connectivity index (χ1n) is 3.08. The van der Waals surface area contributed by atoms with Crippen LogP contribution in [0, 0.1) is 12.3 Å². The number of carbonyl (C=O) groups is 1. The molecule has 0 aromatic heterocycles. The topological polar surface area (TPSA) is 37.3 Å². The number of rotatable bonds is 3. The van der Waals surface area contributed by atoms with E-state index in [1.165, 1.54) is 0 Å². The molecule has 0 aliphatic carbocycles. The highest BCUT2D eigenvalue weighted by molar-refractivity contribution is 7.82. The fraction of sp³-hybridized carbons (Fsp3) is 0.714. The Morgan fingerprint density at radius 1 is 1.80 bits per heavy atom. The minimum atomic E-state index is -0.700. The maximum Gasteiger partial charge on any atom is 0.153 e. The van der Waals surface area contributed by atoms with Crippen LogP contribution in [0.3, 0.4) is 0 Å². The second-order valence-electron chi connectivity index (χ2n) is 2.92. The standard InChI is InChI=1S/C7H13O2S/c1-5(10)6(9)7(2,3)4-8/h5,8,10H,1,4H2,2-3H3. The molecule has 0 saturated carbocycles. The van der Waals surface area contributed by atoms with Gasteiger partial charge in [-0.15, -0.1) is 0 Å². The zero-order valence-corrected chi connectivity index (χ0v) is 7.19. The lowest BCUT2D eigenvalue weighted by atomic mass is 9.88. The van der Waals surface area contributed by atoms with E-state index in [9.17, 15) is 4.79 Å². The van der Waals surface area contributed by atoms with Crippen LogP contribution >= 0.6 is 12.6 Å². The number of Topliss-reactive ketones (excluding diaryl/α,β-unsaturated/α-hetero) is 1. The van der Waals surface area contributed by atoms with E-state index in [1.54, 1.807) is 13.8 Å². The number of aliphatic hydroxyl groups excluding tert-OH is 1. The highest BCUT2D eigenvalue weighted by atomic mass is 32.1. The van der Waals surface area contributed by atoms with Crippen molar-refractivity contribution < 1.29 is 9.90 Å². The molecule has 1 atom stereocenters. The fourth-order valence-electron chi connectivity index (χ4n) is 0.529. The Morgan fingerprint density at radius 2 is 2.20 bits per heavy atom. The summed E-state index contributed by atoms with van der Waals surface area (Å²) in [7, 11) is 0. The van der Waals surface area contributed by atoms with E-state index in [1.807, 2.05) is 0 Å². The van der Waals surface area contributed by atoms with Crippen LogP contribution in [0.15, 0.2) is 0 Å². The quantitative estimate of drug-likeness (QED) is 0.598. The smallest absolute Gasteiger partial charge is 0.153 e. The first kappa shape index (κ1) is 9.98. The molecule has 3 heteroatoms. The predicted molar refractivity (Wildman–Crippen MR) is 44.0 cm³/mol. The molecule has 0 aromatic carbocycles. The van der Waals surface area contributed by atoms with Crippen molar-refractivity contribution >= 4 is 18.4 Å². The molecule has 1 radical (unpaired) electrons. The lowest BCUT2D eigenvalue weighted by Gasteiger charge is -2.21. The molecule has 0 aliphatic rings. The molecule has 0 aliphatic heterocycles. The third kappa shape index (κ3) is 2.31. The highest BCUT2D eigenvalue weighted by Gasteiger charge is 2.28. The van der Waals surface area contributed by atoms with E-state index in [0.717, 1.165) is 0 Å². The van der Waals surface area contributed by atoms with Crippen molar-refractivity contribution in [1.29, 1.82) is 0 Å². The summed E-state index contributed by atoms with van der Waals surface area (Å²) < 4.78 is 0. The van der Waals surface area contributed by atoms with Gasteiger partial charge >= 0.3 is 0 Å². The lowest BCUT2D eigenvalue weighted by molar-refractivity contribution is -0.127. The summed E-state index contributed by atoms with van der Waals surface area (Å²) in [6.45, 7) is 6.64. The van der Waals surface area contributed by atoms with Crippen LogP contribution in [-0.4, -0.2) is 22.7 Å². The van der Waals surface area contributed by atoms with Gasteiger partial charge in [0.25, 0.3) is 0 Å². The van der Waals surface area contributed by atoms with Crippen LogP contribution in [-0.2, 0) is 4.79 Å². The molecule has 0 spiro atoms. The molecule has 0 rings (SSSR count). The average Bonchev–Trinajstić information content (AvgIpc) is 1.86. The Morgan fingerprint density at radius 3 is 2.30 bits per heavy atom. The minimum absolute atomic E-state index is 0.127. The van der Waals surface area contributed by atoms with Crippen LogP contribution < -0.4 is 0 Å². The maximum absolute atomic E-state index is 11.1. The summed E-state index contributed by atoms with van der Waals surface area (Å²) in [6.07, 6.45) is 0. The molecule has 0 fully saturated rings. The molecule has 0 bridgehead atoms. The fourth-order valence-corrected chi connectivity index (χ4v) is 0.878. The van der Waals surface area contributed by atoms with E-state index in [4.69, 9.17) is 5.11 Å². The molecule has 1 N–H and O–H groups in total. The number of ketones is 1. The second kappa shape index (κ2) is 3.39. The SMILES string of the molecule is [CH2]C(S)C(=O)C(C)(C)CO. The van der Waals surface area contributed by atoms with Gasteiger partial charge < -0.3 is 5.11 Å². The average molecular weight is 161 g/mol. The summed E-state index contributed by atoms with van der Waals surface area (Å²) in [5.41, 5.74) is -0.700. The summed E-state index contributed by atoms with van der Waals surface area (Å²) >= 11 is 3.87. The van der Waals surface area contributed by atoms with Crippen LogP contribution in [0.25, 0.3) is 0 Å². The number of hydrogen-bond acceptors (Lipinski definition) is 3. The van der Waals surface area contributed by atoms with Crippen molar-refractivity contribution in [2.24, 2.45) is 5.41 Å². The number of hydrogen-bond donors (Lipinski definition) is 2. The molecule has 10 heavy (non-hydrogen) atoms. The van der Waals surface area contributed by atoms with Crippen molar-refractivity contribution in [1.82, 2.24) is 0 Å². The molecule has 59 valence electrons. The largest absolute Gasteiger partial charge is 0.395 e. The first-order valence-corrected chi connectivity index (χ1v) is 3.60. The highest BCUT2D eigenvalue weighted by Crippen LogP contribution is 2.18. The Kier molecular flexibility index (Phi) is 3.39. The van der Waals surface area contributed by atoms with E-state index >= 15 is 0 Å². The number of thiol groups is 1. The van der Waals surface area contributed by atoms with Gasteiger partial charge in [0.05, 0.1) is 11.9 Å². The van der Waals surface area contributed by atoms with Gasteiger partial charge in [-0.05, 0) is 6.92 Å². The monoisotopic (exact) mass is 161 g/mol. The molecular weight excluding hydrogens is 148 g/mol. The Balaban J connectivity index is 4.19. The lowest BCUT2D eigenvalue weighted by Crippen LogP contribution is -2.33. The number of carbonyl (C=O) groups excluding carboxylic acids is 1. The summed E-state index contributed by atoms with van der Waals surface area (Å²) in [5, 5.41) is 8.19. The maximum atomic E-state index is 11.1. The number of aliphatic hydroxyl groups is 1. The van der Waals surface area contributed by atoms with Gasteiger partial charge in [0.15, 0.2) is 5.78 Å². The molecule has 0 amide bonds. The zero-order chi connectivity index (χ0) is 8.36. The van der Waals surface area contributed by atoms with E-state index in [0.29, 0.717) is 0 Å². The molecule has 2 nitrogen and oxygen atoms in total. The Hall–Kier alpha value is -0.0200. The Bertz CT molecular complexity index is 130. The van der Waals surface area contributed by atoms with Gasteiger partial charge in [-0.1, -0.05) is 13.8 Å². The second-order valence-corrected chi connectivity index (χ2v) is 3.55. The van der Waals surface area contributed by atoms with Gasteiger partial charge in [0, 0.05) is 5.41 Å². The van der Waals surface area contributed by atoms with E-state index in [2.05, 4.69) is 19.6 Å². The van der Waals surface area contributed by atoms with Crippen LogP contribution in [0.2, 0.25) is 0 Å². The third-order valence-electron chi connectivity index (χ3n) is 1.36. The summed E-state index contributed by atoms with van der Waals surface area (Å²) in [5.74, 6) is -0.127. The van der Waals surface area contributed by atoms with E-state index in [-0.39, 0.29) is 12.4 Å². The van der Waals surface area contributed by atoms with Crippen molar-refractivity contribution in [2.45, 2.75) is 19.1 Å². The summed E-state index contributed by atoms with van der Waals surface area (Å²) in [6, 6.07) is 0. The predicted octanol–water partition coefficient (Wildman–Crippen LogP) is 0.706. The molecule has 0 aromatic rings. The molecule has 1 unspecified atom stereocenters. The van der Waals surface area contributed by atoms with Crippen molar-refractivity contribution in [3.05, 3.63) is 6.92 Å². The van der Waals surface area contributed by atoms with Crippen LogP contribution in [0.1, 0.15) is 13.8 Å². The molecular formula is C7H13O2S. The van der Waals surface area contributed by atoms with E-state index < -0.39 is 10.7 Å². The van der Waals surface area contributed by atoms with Gasteiger partial charge in [-0.3, -0.25) is 4.79 Å². The normalized spacial score (nSPS) is 14.9. The van der Waals surface area contributed by atoms with Gasteiger partial charge in [0.2, 0.25) is 0 Å². The van der Waals surface area contributed by atoms with Crippen molar-refractivity contribution in [3.8, 4) is 0 Å². The third-order valence-corrected chi connectivity index (χ3v) is 1.60. The van der Waals surface area contributed by atoms with Crippen LogP contribution in [0.5, 0.6) is 0 Å². The Labute approximate surface area is 67.0 Å². The molecule has 0 heterocycles. The van der Waals surface area contributed by atoms with Gasteiger partial charge in [-0.25, -0.2) is 0 Å². The first-order chi connectivity index (χ1) is 4.41. The van der Waals surface area contributed by atoms with Crippen molar-refractivity contribution in [3.63, 3.8) is 0 Å². The van der Waals surface area contributed by atoms with Gasteiger partial charge in [0.1, 0.15) is 0 Å². The summed E-state index contributed by atoms with van der Waals surface area (Å²) in [4.78, 5) is 11.1. The minimum Gasteiger partial charge on any atom is -0.395 e. The van der Waals surface area contributed by atoms with Crippen molar-refractivity contribution in [2.75, 3.05) is 6.61 Å².